The monoisotopic (exact) mass is 641 g/mol. The first-order valence-electron chi connectivity index (χ1n) is 15.1. The predicted molar refractivity (Wildman–Crippen MR) is 153 cm³/mol. The molecule has 7 bridgehead atoms. The van der Waals surface area contributed by atoms with Crippen molar-refractivity contribution < 1.29 is 57.0 Å². The summed E-state index contributed by atoms with van der Waals surface area (Å²) in [6, 6.07) is 7.92. The third-order valence-corrected chi connectivity index (χ3v) is 12.3. The van der Waals surface area contributed by atoms with Crippen molar-refractivity contribution in [3.05, 3.63) is 35.9 Å². The molecule has 44 heavy (non-hydrogen) atoms. The number of likely N-dealkylation sites (tertiary alicyclic amines) is 1. The van der Waals surface area contributed by atoms with Crippen molar-refractivity contribution in [2.75, 3.05) is 27.3 Å². The largest absolute Gasteiger partial charge is 0.458 e. The summed E-state index contributed by atoms with van der Waals surface area (Å²) in [5.41, 5.74) is -6.55. The van der Waals surface area contributed by atoms with E-state index in [-0.39, 0.29) is 18.3 Å². The van der Waals surface area contributed by atoms with Gasteiger partial charge in [-0.25, -0.2) is 4.79 Å². The highest BCUT2D eigenvalue weighted by Crippen LogP contribution is 2.81. The van der Waals surface area contributed by atoms with Gasteiger partial charge >= 0.3 is 16.4 Å². The van der Waals surface area contributed by atoms with E-state index in [0.29, 0.717) is 25.1 Å². The molecule has 1 aromatic carbocycles. The number of methoxy groups -OCH3 is 2. The zero-order valence-corrected chi connectivity index (χ0v) is 26.1. The Labute approximate surface area is 256 Å². The lowest BCUT2D eigenvalue weighted by molar-refractivity contribution is -0.353. The second-order valence-corrected chi connectivity index (χ2v) is 14.8. The summed E-state index contributed by atoms with van der Waals surface area (Å²) in [5, 5.41) is 51.2. The minimum Gasteiger partial charge on any atom is -0.458 e. The molecular weight excluding hydrogens is 598 g/mol. The van der Waals surface area contributed by atoms with Crippen molar-refractivity contribution in [3.8, 4) is 0 Å². The maximum absolute atomic E-state index is 13.4. The van der Waals surface area contributed by atoms with Gasteiger partial charge in [0.05, 0.1) is 46.9 Å². The molecule has 13 atom stereocenters. The molecule has 0 aromatic heterocycles. The number of hydrogen-bond acceptors (Lipinski definition) is 11. The second kappa shape index (κ2) is 10.1. The van der Waals surface area contributed by atoms with E-state index in [1.165, 1.54) is 0 Å². The summed E-state index contributed by atoms with van der Waals surface area (Å²) in [6.07, 6.45) is -1.80. The van der Waals surface area contributed by atoms with Crippen molar-refractivity contribution in [1.82, 2.24) is 4.90 Å². The fraction of sp³-hybridized carbons (Fsp3) is 0.767. The number of likely N-dealkylation sites (N-methyl/N-ethyl adjacent to an activating group) is 1. The molecular formula is C30H43NO12S. The first-order valence-corrected chi connectivity index (χ1v) is 16.5. The lowest BCUT2D eigenvalue weighted by atomic mass is 9.41. The Hall–Kier alpha value is -1.72. The number of carbonyl (C=O) groups is 1. The van der Waals surface area contributed by atoms with Crippen LogP contribution in [-0.4, -0.2) is 123 Å². The van der Waals surface area contributed by atoms with E-state index in [1.54, 1.807) is 38.5 Å². The molecule has 0 radical (unpaired) electrons. The highest BCUT2D eigenvalue weighted by molar-refractivity contribution is 7.79. The Balaban J connectivity index is 0.000000637. The van der Waals surface area contributed by atoms with Gasteiger partial charge in [0.15, 0.2) is 0 Å². The van der Waals surface area contributed by atoms with Crippen molar-refractivity contribution in [3.63, 3.8) is 0 Å². The van der Waals surface area contributed by atoms with Crippen molar-refractivity contribution in [2.24, 2.45) is 28.6 Å². The number of piperidine rings is 1. The van der Waals surface area contributed by atoms with E-state index < -0.39 is 86.8 Å². The Bertz CT molecular complexity index is 1410. The summed E-state index contributed by atoms with van der Waals surface area (Å²) in [5.74, 6) is -2.38. The van der Waals surface area contributed by atoms with Crippen LogP contribution in [0.3, 0.4) is 0 Å². The normalized spacial score (nSPS) is 50.0. The predicted octanol–water partition coefficient (Wildman–Crippen LogP) is 0.317. The van der Waals surface area contributed by atoms with Gasteiger partial charge in [0.25, 0.3) is 0 Å². The molecule has 1 saturated heterocycles. The number of ether oxygens (including phenoxy) is 3. The van der Waals surface area contributed by atoms with Crippen LogP contribution in [0.1, 0.15) is 49.9 Å². The number of fused-ring (bicyclic) bond motifs is 2. The van der Waals surface area contributed by atoms with E-state index in [2.05, 4.69) is 11.8 Å². The first-order chi connectivity index (χ1) is 20.5. The van der Waals surface area contributed by atoms with E-state index in [0.717, 1.165) is 6.42 Å². The van der Waals surface area contributed by atoms with Crippen molar-refractivity contribution >= 4 is 16.4 Å². The van der Waals surface area contributed by atoms with Gasteiger partial charge in [-0.2, -0.15) is 8.42 Å². The summed E-state index contributed by atoms with van der Waals surface area (Å²) in [7, 11) is -1.57. The van der Waals surface area contributed by atoms with E-state index in [9.17, 15) is 25.2 Å². The molecule has 5 aliphatic carbocycles. The Morgan fingerprint density at radius 3 is 2.23 bits per heavy atom. The van der Waals surface area contributed by atoms with E-state index in [1.807, 2.05) is 13.0 Å². The molecule has 246 valence electrons. The molecule has 1 unspecified atom stereocenters. The standard InChI is InChI=1S/C30H41NO8.H2O4S/c1-5-31-15-26(2)12-11-19(32)29-22(26)23(38-4)30(36,25(29)31)28(35)14-18(37-3)17-13-27(29,34)21(28)20(17)39-24(33)16-9-7-6-8-10-16;1-5(2,3)4/h6-10,17-23,25,32,34-36H,5,11-15H2,1-4H3;(H2,1,2,3,4)/t17-,18+,19+,20+,21+,22-,23+,25?,26+,27+,28-,29-,30-;/m1./s1. The van der Waals surface area contributed by atoms with Crippen LogP contribution < -0.4 is 0 Å². The number of esters is 1. The van der Waals surface area contributed by atoms with Crippen LogP contribution in [0.15, 0.2) is 30.3 Å². The third-order valence-electron chi connectivity index (χ3n) is 12.3. The summed E-state index contributed by atoms with van der Waals surface area (Å²) in [4.78, 5) is 15.5. The molecule has 1 aromatic rings. The fourth-order valence-corrected chi connectivity index (χ4v) is 11.3. The van der Waals surface area contributed by atoms with Crippen LogP contribution in [0.5, 0.6) is 0 Å². The smallest absolute Gasteiger partial charge is 0.394 e. The second-order valence-electron chi connectivity index (χ2n) is 13.9. The van der Waals surface area contributed by atoms with Crippen LogP contribution in [0.2, 0.25) is 0 Å². The Morgan fingerprint density at radius 1 is 1.02 bits per heavy atom. The van der Waals surface area contributed by atoms with Crippen molar-refractivity contribution in [2.45, 2.75) is 86.8 Å². The molecule has 7 rings (SSSR count). The molecule has 0 amide bonds. The quantitative estimate of drug-likeness (QED) is 0.190. The highest BCUT2D eigenvalue weighted by Gasteiger charge is 2.95. The van der Waals surface area contributed by atoms with Gasteiger partial charge in [-0.3, -0.25) is 14.0 Å². The lowest BCUT2D eigenvalue weighted by Gasteiger charge is -2.71. The molecule has 14 heteroatoms. The first kappa shape index (κ1) is 32.2. The zero-order chi connectivity index (χ0) is 32.3. The van der Waals surface area contributed by atoms with Crippen LogP contribution in [0.4, 0.5) is 0 Å². The van der Waals surface area contributed by atoms with Crippen molar-refractivity contribution in [1.29, 1.82) is 0 Å². The molecule has 6 aliphatic rings. The molecule has 6 N–H and O–H groups in total. The summed E-state index contributed by atoms with van der Waals surface area (Å²) >= 11 is 0. The van der Waals surface area contributed by atoms with Gasteiger partial charge in [-0.15, -0.1) is 0 Å². The van der Waals surface area contributed by atoms with Gasteiger partial charge in [0.2, 0.25) is 0 Å². The SMILES string of the molecule is CCN1C[C@]2(C)CC[C@H](O)[C@]34C1[C@](O)([C@@H](OC)[C@H]23)[C@@]1(O)C[C@H](OC)[C@H]2C[C@]4(O)[C@@H]1[C@H]2OC(=O)c1ccccc1.O=S(=O)(O)O. The van der Waals surface area contributed by atoms with Gasteiger partial charge < -0.3 is 34.6 Å². The molecule has 1 spiro atoms. The molecule has 1 heterocycles. The molecule has 1 aliphatic heterocycles. The van der Waals surface area contributed by atoms with Crippen LogP contribution in [0.25, 0.3) is 0 Å². The average Bonchev–Trinajstić information content (AvgIpc) is 3.32. The topological polar surface area (TPSA) is 204 Å². The number of rotatable bonds is 5. The summed E-state index contributed by atoms with van der Waals surface area (Å²) in [6.45, 7) is 5.44. The number of aliphatic hydroxyl groups is 4. The number of aliphatic hydroxyl groups excluding tert-OH is 1. The van der Waals surface area contributed by atoms with Gasteiger partial charge in [-0.05, 0) is 43.4 Å². The Morgan fingerprint density at radius 2 is 1.66 bits per heavy atom. The summed E-state index contributed by atoms with van der Waals surface area (Å²) < 4.78 is 49.8. The van der Waals surface area contributed by atoms with Crippen LogP contribution in [-0.2, 0) is 24.6 Å². The molecule has 5 saturated carbocycles. The van der Waals surface area contributed by atoms with Crippen LogP contribution in [0, 0.1) is 28.6 Å². The minimum absolute atomic E-state index is 0.0700. The highest BCUT2D eigenvalue weighted by atomic mass is 32.3. The van der Waals surface area contributed by atoms with E-state index in [4.69, 9.17) is 31.7 Å². The molecule has 6 fully saturated rings. The lowest BCUT2D eigenvalue weighted by Crippen LogP contribution is -2.86. The Kier molecular flexibility index (Phi) is 7.43. The number of nitrogens with zero attached hydrogens (tertiary/aromatic N) is 1. The third kappa shape index (κ3) is 3.84. The van der Waals surface area contributed by atoms with Crippen LogP contribution >= 0.6 is 0 Å². The minimum atomic E-state index is -4.67. The number of hydrogen-bond donors (Lipinski definition) is 6. The van der Waals surface area contributed by atoms with E-state index >= 15 is 0 Å². The maximum Gasteiger partial charge on any atom is 0.394 e. The molecule has 13 nitrogen and oxygen atoms in total. The van der Waals surface area contributed by atoms with Gasteiger partial charge in [-0.1, -0.05) is 32.0 Å². The average molecular weight is 642 g/mol. The maximum atomic E-state index is 13.4. The zero-order valence-electron chi connectivity index (χ0n) is 25.2. The van der Waals surface area contributed by atoms with Gasteiger partial charge in [0, 0.05) is 39.0 Å². The number of benzene rings is 1. The fourth-order valence-electron chi connectivity index (χ4n) is 11.3. The van der Waals surface area contributed by atoms with Gasteiger partial charge in [0.1, 0.15) is 17.3 Å². The number of carbonyl (C=O) groups excluding carboxylic acids is 1.